The van der Waals surface area contributed by atoms with Crippen LogP contribution in [0, 0.1) is 5.92 Å². The maximum absolute atomic E-state index is 8.98. The lowest BCUT2D eigenvalue weighted by Crippen LogP contribution is -2.25. The fourth-order valence-electron chi connectivity index (χ4n) is 2.56. The number of pyridine rings is 1. The summed E-state index contributed by atoms with van der Waals surface area (Å²) in [6.45, 7) is 0.986. The van der Waals surface area contributed by atoms with E-state index < -0.39 is 0 Å². The molecule has 104 valence electrons. The molecule has 1 fully saturated rings. The summed E-state index contributed by atoms with van der Waals surface area (Å²) in [5.74, 6) is 0.855. The molecule has 1 saturated carbocycles. The molecule has 3 N–H and O–H groups in total. The van der Waals surface area contributed by atoms with Crippen molar-refractivity contribution in [2.75, 3.05) is 18.5 Å². The molecule has 0 unspecified atom stereocenters. The fraction of sp³-hybridized carbons (Fsp3) is 0.333. The Morgan fingerprint density at radius 2 is 2.20 bits per heavy atom. The van der Waals surface area contributed by atoms with Gasteiger partial charge in [-0.05, 0) is 24.8 Å². The Morgan fingerprint density at radius 3 is 2.90 bits per heavy atom. The summed E-state index contributed by atoms with van der Waals surface area (Å²) in [6.07, 6.45) is 4.24. The number of amidine groups is 1. The molecule has 0 bridgehead atoms. The second-order valence-corrected chi connectivity index (χ2v) is 5.35. The summed E-state index contributed by atoms with van der Waals surface area (Å²) >= 11 is 0. The van der Waals surface area contributed by atoms with Crippen LogP contribution in [-0.4, -0.2) is 29.6 Å². The molecule has 20 heavy (non-hydrogen) atoms. The molecule has 0 aliphatic heterocycles. The van der Waals surface area contributed by atoms with E-state index in [0.717, 1.165) is 29.1 Å². The Kier molecular flexibility index (Phi) is 3.18. The van der Waals surface area contributed by atoms with Crippen molar-refractivity contribution in [1.29, 1.82) is 0 Å². The van der Waals surface area contributed by atoms with Crippen LogP contribution >= 0.6 is 0 Å². The van der Waals surface area contributed by atoms with E-state index >= 15 is 0 Å². The van der Waals surface area contributed by atoms with Gasteiger partial charge in [0.2, 0.25) is 0 Å². The highest BCUT2D eigenvalue weighted by Crippen LogP contribution is 2.34. The maximum Gasteiger partial charge on any atom is 0.173 e. The minimum Gasteiger partial charge on any atom is -0.409 e. The Bertz CT molecular complexity index is 664. The van der Waals surface area contributed by atoms with Crippen molar-refractivity contribution in [2.24, 2.45) is 16.8 Å². The van der Waals surface area contributed by atoms with E-state index in [9.17, 15) is 0 Å². The average Bonchev–Trinajstić information content (AvgIpc) is 3.29. The number of rotatable bonds is 4. The van der Waals surface area contributed by atoms with Gasteiger partial charge in [0.15, 0.2) is 5.84 Å². The molecule has 0 atom stereocenters. The molecule has 0 spiro atoms. The summed E-state index contributed by atoms with van der Waals surface area (Å²) in [4.78, 5) is 6.58. The molecule has 3 rings (SSSR count). The summed E-state index contributed by atoms with van der Waals surface area (Å²) in [5, 5.41) is 13.1. The van der Waals surface area contributed by atoms with E-state index in [1.165, 1.54) is 12.8 Å². The molecule has 1 aromatic heterocycles. The normalized spacial score (nSPS) is 15.6. The Hall–Kier alpha value is -2.30. The first-order valence-corrected chi connectivity index (χ1v) is 6.77. The zero-order valence-corrected chi connectivity index (χ0v) is 11.5. The first kappa shape index (κ1) is 12.7. The third-order valence-electron chi connectivity index (χ3n) is 3.74. The van der Waals surface area contributed by atoms with Crippen LogP contribution in [0.2, 0.25) is 0 Å². The van der Waals surface area contributed by atoms with Gasteiger partial charge in [-0.3, -0.25) is 4.98 Å². The Balaban J connectivity index is 2.16. The number of nitrogens with zero attached hydrogens (tertiary/aromatic N) is 3. The number of fused-ring (bicyclic) bond motifs is 1. The molecule has 1 aromatic carbocycles. The van der Waals surface area contributed by atoms with Crippen molar-refractivity contribution >= 4 is 22.4 Å². The standard InChI is InChI=1S/C15H18N4O/c1-19(9-10-6-7-10)14-11-4-2-3-5-13(11)17-8-12(14)15(16)18-20/h2-5,8,10,20H,6-7,9H2,1H3,(H2,16,18). The lowest BCUT2D eigenvalue weighted by molar-refractivity contribution is 0.318. The summed E-state index contributed by atoms with van der Waals surface area (Å²) < 4.78 is 0. The average molecular weight is 270 g/mol. The van der Waals surface area contributed by atoms with Crippen molar-refractivity contribution in [2.45, 2.75) is 12.8 Å². The topological polar surface area (TPSA) is 74.7 Å². The fourth-order valence-corrected chi connectivity index (χ4v) is 2.56. The van der Waals surface area contributed by atoms with Crippen molar-refractivity contribution in [1.82, 2.24) is 4.98 Å². The molecular weight excluding hydrogens is 252 g/mol. The molecule has 0 saturated heterocycles. The molecule has 5 heteroatoms. The van der Waals surface area contributed by atoms with E-state index in [4.69, 9.17) is 10.9 Å². The van der Waals surface area contributed by atoms with Gasteiger partial charge in [0.25, 0.3) is 0 Å². The highest BCUT2D eigenvalue weighted by atomic mass is 16.4. The van der Waals surface area contributed by atoms with Gasteiger partial charge in [0.1, 0.15) is 0 Å². The molecule has 1 aliphatic carbocycles. The van der Waals surface area contributed by atoms with Crippen molar-refractivity contribution in [3.63, 3.8) is 0 Å². The third kappa shape index (κ3) is 2.27. The second kappa shape index (κ2) is 5.00. The van der Waals surface area contributed by atoms with Crippen LogP contribution in [0.4, 0.5) is 5.69 Å². The smallest absolute Gasteiger partial charge is 0.173 e. The molecule has 5 nitrogen and oxygen atoms in total. The van der Waals surface area contributed by atoms with Gasteiger partial charge in [-0.15, -0.1) is 0 Å². The van der Waals surface area contributed by atoms with E-state index in [2.05, 4.69) is 15.0 Å². The summed E-state index contributed by atoms with van der Waals surface area (Å²) in [7, 11) is 2.05. The van der Waals surface area contributed by atoms with Crippen LogP contribution in [0.5, 0.6) is 0 Å². The quantitative estimate of drug-likeness (QED) is 0.386. The number of hydrogen-bond acceptors (Lipinski definition) is 4. The van der Waals surface area contributed by atoms with Gasteiger partial charge in [0.05, 0.1) is 16.8 Å². The van der Waals surface area contributed by atoms with Gasteiger partial charge in [-0.25, -0.2) is 0 Å². The van der Waals surface area contributed by atoms with Crippen LogP contribution in [0.1, 0.15) is 18.4 Å². The monoisotopic (exact) mass is 270 g/mol. The van der Waals surface area contributed by atoms with Crippen LogP contribution in [0.3, 0.4) is 0 Å². The number of benzene rings is 1. The highest BCUT2D eigenvalue weighted by Gasteiger charge is 2.25. The Morgan fingerprint density at radius 1 is 1.45 bits per heavy atom. The van der Waals surface area contributed by atoms with E-state index in [0.29, 0.717) is 5.56 Å². The van der Waals surface area contributed by atoms with Crippen LogP contribution in [0.25, 0.3) is 10.9 Å². The minimum atomic E-state index is 0.0981. The second-order valence-electron chi connectivity index (χ2n) is 5.35. The van der Waals surface area contributed by atoms with Gasteiger partial charge < -0.3 is 15.8 Å². The summed E-state index contributed by atoms with van der Waals surface area (Å²) in [5.41, 5.74) is 8.38. The first-order valence-electron chi connectivity index (χ1n) is 6.77. The number of para-hydroxylation sites is 1. The van der Waals surface area contributed by atoms with E-state index in [1.807, 2.05) is 31.3 Å². The van der Waals surface area contributed by atoms with Gasteiger partial charge >= 0.3 is 0 Å². The molecule has 1 aliphatic rings. The van der Waals surface area contributed by atoms with Crippen molar-refractivity contribution < 1.29 is 5.21 Å². The molecule has 1 heterocycles. The predicted octanol–water partition coefficient (Wildman–Crippen LogP) is 2.18. The maximum atomic E-state index is 8.98. The number of nitrogens with two attached hydrogens (primary N) is 1. The molecule has 0 radical (unpaired) electrons. The zero-order valence-electron chi connectivity index (χ0n) is 11.5. The predicted molar refractivity (Wildman–Crippen MR) is 80.2 cm³/mol. The van der Waals surface area contributed by atoms with Gasteiger partial charge in [-0.2, -0.15) is 0 Å². The number of hydrogen-bond donors (Lipinski definition) is 2. The van der Waals surface area contributed by atoms with Crippen molar-refractivity contribution in [3.8, 4) is 0 Å². The zero-order chi connectivity index (χ0) is 14.1. The van der Waals surface area contributed by atoms with Crippen LogP contribution in [0.15, 0.2) is 35.6 Å². The Labute approximate surface area is 117 Å². The lowest BCUT2D eigenvalue weighted by Gasteiger charge is -2.23. The van der Waals surface area contributed by atoms with E-state index in [1.54, 1.807) is 6.20 Å². The highest BCUT2D eigenvalue weighted by molar-refractivity contribution is 6.08. The summed E-state index contributed by atoms with van der Waals surface area (Å²) in [6, 6.07) is 7.94. The number of oxime groups is 1. The van der Waals surface area contributed by atoms with Gasteiger partial charge in [-0.1, -0.05) is 23.4 Å². The molecule has 2 aromatic rings. The molecular formula is C15H18N4O. The third-order valence-corrected chi connectivity index (χ3v) is 3.74. The van der Waals surface area contributed by atoms with Crippen molar-refractivity contribution in [3.05, 3.63) is 36.0 Å². The lowest BCUT2D eigenvalue weighted by atomic mass is 10.1. The van der Waals surface area contributed by atoms with E-state index in [-0.39, 0.29) is 5.84 Å². The number of aromatic nitrogens is 1. The SMILES string of the molecule is CN(CC1CC1)c1c(/C(N)=N/O)cnc2ccccc12. The first-order chi connectivity index (χ1) is 9.70. The van der Waals surface area contributed by atoms with Crippen LogP contribution < -0.4 is 10.6 Å². The molecule has 0 amide bonds. The number of anilines is 1. The van der Waals surface area contributed by atoms with Crippen LogP contribution in [-0.2, 0) is 0 Å². The minimum absolute atomic E-state index is 0.0981. The largest absolute Gasteiger partial charge is 0.409 e. The van der Waals surface area contributed by atoms with Gasteiger partial charge in [0, 0.05) is 25.2 Å².